The molecule has 0 aliphatic carbocycles. The van der Waals surface area contributed by atoms with Gasteiger partial charge in [-0.25, -0.2) is 0 Å². The first-order valence-electron chi connectivity index (χ1n) is 9.74. The molecule has 0 saturated carbocycles. The molecular formula is C26H23F2P. The van der Waals surface area contributed by atoms with Crippen molar-refractivity contribution in [2.24, 2.45) is 0 Å². The van der Waals surface area contributed by atoms with E-state index in [1.807, 2.05) is 24.3 Å². The maximum absolute atomic E-state index is 13.4. The molecule has 0 fully saturated rings. The second kappa shape index (κ2) is 8.68. The Labute approximate surface area is 171 Å². The second-order valence-electron chi connectivity index (χ2n) is 7.23. The van der Waals surface area contributed by atoms with E-state index in [4.69, 9.17) is 0 Å². The summed E-state index contributed by atoms with van der Waals surface area (Å²) in [6.07, 6.45) is -1.73. The molecule has 0 spiro atoms. The third kappa shape index (κ3) is 3.99. The van der Waals surface area contributed by atoms with Crippen LogP contribution in [0.3, 0.4) is 0 Å². The normalized spacial score (nSPS) is 12.1. The summed E-state index contributed by atoms with van der Waals surface area (Å²) in [5.41, 5.74) is 1.03. The fraction of sp³-hybridized carbons (Fsp3) is 0.0769. The molecule has 0 aromatic heterocycles. The van der Waals surface area contributed by atoms with Crippen molar-refractivity contribution in [3.05, 3.63) is 126 Å². The van der Waals surface area contributed by atoms with Crippen molar-refractivity contribution in [3.63, 3.8) is 0 Å². The van der Waals surface area contributed by atoms with Crippen molar-refractivity contribution in [1.82, 2.24) is 0 Å². The average Bonchev–Trinajstić information content (AvgIpc) is 2.79. The first-order valence-corrected chi connectivity index (χ1v) is 11.9. The summed E-state index contributed by atoms with van der Waals surface area (Å²) in [6, 6.07) is 38.5. The van der Waals surface area contributed by atoms with Gasteiger partial charge in [0.05, 0.1) is 0 Å². The molecule has 0 heterocycles. The molecule has 0 amide bonds. The maximum atomic E-state index is 13.4. The summed E-state index contributed by atoms with van der Waals surface area (Å²) >= 11 is 0. The monoisotopic (exact) mass is 404 g/mol. The summed E-state index contributed by atoms with van der Waals surface area (Å²) in [4.78, 5) is 0. The van der Waals surface area contributed by atoms with Crippen LogP contribution >= 0.6 is 7.26 Å². The van der Waals surface area contributed by atoms with E-state index in [-0.39, 0.29) is 5.56 Å². The summed E-state index contributed by atoms with van der Waals surface area (Å²) in [6.45, 7) is 0. The first-order chi connectivity index (χ1) is 14.2. The van der Waals surface area contributed by atoms with E-state index in [1.165, 1.54) is 22.0 Å². The topological polar surface area (TPSA) is 0 Å². The average molecular weight is 404 g/mol. The van der Waals surface area contributed by atoms with Gasteiger partial charge in [0.1, 0.15) is 0 Å². The zero-order valence-corrected chi connectivity index (χ0v) is 17.0. The van der Waals surface area contributed by atoms with Gasteiger partial charge in [-0.1, -0.05) is 0 Å². The SMILES string of the molecule is FC(F)c1cccc(C[PH](c2ccccc2)(c2ccccc2)c2ccccc2)c1. The number of rotatable bonds is 6. The van der Waals surface area contributed by atoms with E-state index in [9.17, 15) is 8.78 Å². The quantitative estimate of drug-likeness (QED) is 0.354. The molecule has 0 bridgehead atoms. The van der Waals surface area contributed by atoms with Crippen molar-refractivity contribution in [2.75, 3.05) is 0 Å². The van der Waals surface area contributed by atoms with Crippen LogP contribution in [0.2, 0.25) is 0 Å². The molecule has 0 saturated heterocycles. The summed E-state index contributed by atoms with van der Waals surface area (Å²) in [5, 5.41) is 3.83. The Balaban J connectivity index is 1.97. The molecule has 146 valence electrons. The Bertz CT molecular complexity index is 951. The molecule has 0 radical (unpaired) electrons. The Morgan fingerprint density at radius 3 is 1.41 bits per heavy atom. The van der Waals surface area contributed by atoms with Crippen molar-refractivity contribution < 1.29 is 8.78 Å². The fourth-order valence-corrected chi connectivity index (χ4v) is 8.85. The number of benzene rings is 4. The van der Waals surface area contributed by atoms with Crippen molar-refractivity contribution >= 4 is 23.2 Å². The van der Waals surface area contributed by atoms with Crippen molar-refractivity contribution in [3.8, 4) is 0 Å². The van der Waals surface area contributed by atoms with Crippen LogP contribution in [-0.2, 0) is 6.16 Å². The van der Waals surface area contributed by atoms with Gasteiger partial charge in [0, 0.05) is 0 Å². The van der Waals surface area contributed by atoms with Gasteiger partial charge in [0.25, 0.3) is 0 Å². The van der Waals surface area contributed by atoms with E-state index >= 15 is 0 Å². The summed E-state index contributed by atoms with van der Waals surface area (Å²) < 4.78 is 26.7. The van der Waals surface area contributed by atoms with Crippen LogP contribution in [0.4, 0.5) is 8.78 Å². The molecule has 0 unspecified atom stereocenters. The van der Waals surface area contributed by atoms with E-state index in [1.54, 1.807) is 12.1 Å². The van der Waals surface area contributed by atoms with Crippen LogP contribution in [0.1, 0.15) is 17.6 Å². The van der Waals surface area contributed by atoms with Gasteiger partial charge in [-0.05, 0) is 0 Å². The minimum atomic E-state index is -2.47. The Hall–Kier alpha value is -2.83. The van der Waals surface area contributed by atoms with Gasteiger partial charge in [-0.2, -0.15) is 0 Å². The second-order valence-corrected chi connectivity index (χ2v) is 11.1. The van der Waals surface area contributed by atoms with Gasteiger partial charge >= 0.3 is 171 Å². The molecular weight excluding hydrogens is 381 g/mol. The molecule has 0 nitrogen and oxygen atoms in total. The predicted octanol–water partition coefficient (Wildman–Crippen LogP) is 5.85. The number of alkyl halides is 2. The van der Waals surface area contributed by atoms with Gasteiger partial charge < -0.3 is 0 Å². The van der Waals surface area contributed by atoms with Gasteiger partial charge in [-0.15, -0.1) is 0 Å². The van der Waals surface area contributed by atoms with E-state index in [0.717, 1.165) is 11.7 Å². The van der Waals surface area contributed by atoms with Crippen LogP contribution < -0.4 is 15.9 Å². The third-order valence-electron chi connectivity index (χ3n) is 5.47. The molecule has 4 rings (SSSR count). The minimum absolute atomic E-state index is 0.0829. The van der Waals surface area contributed by atoms with Crippen molar-refractivity contribution in [2.45, 2.75) is 12.6 Å². The predicted molar refractivity (Wildman–Crippen MR) is 122 cm³/mol. The summed E-state index contributed by atoms with van der Waals surface area (Å²) in [5.74, 6) is 0. The zero-order chi connectivity index (χ0) is 20.1. The fourth-order valence-electron chi connectivity index (χ4n) is 4.12. The molecule has 0 aliphatic rings. The van der Waals surface area contributed by atoms with E-state index in [2.05, 4.69) is 72.8 Å². The Morgan fingerprint density at radius 1 is 0.552 bits per heavy atom. The summed E-state index contributed by atoms with van der Waals surface area (Å²) in [7, 11) is -2.47. The molecule has 4 aromatic rings. The molecule has 3 heteroatoms. The van der Waals surface area contributed by atoms with Crippen LogP contribution in [0.15, 0.2) is 115 Å². The van der Waals surface area contributed by atoms with Crippen LogP contribution in [0.25, 0.3) is 0 Å². The van der Waals surface area contributed by atoms with Crippen LogP contribution in [0, 0.1) is 0 Å². The Kier molecular flexibility index (Phi) is 5.83. The molecule has 0 aliphatic heterocycles. The van der Waals surface area contributed by atoms with E-state index in [0.29, 0.717) is 0 Å². The number of hydrogen-bond donors (Lipinski definition) is 0. The zero-order valence-electron chi connectivity index (χ0n) is 16.0. The molecule has 0 N–H and O–H groups in total. The van der Waals surface area contributed by atoms with Crippen LogP contribution in [0.5, 0.6) is 0 Å². The van der Waals surface area contributed by atoms with E-state index < -0.39 is 13.7 Å². The van der Waals surface area contributed by atoms with Gasteiger partial charge in [0.2, 0.25) is 0 Å². The van der Waals surface area contributed by atoms with Gasteiger partial charge in [0.15, 0.2) is 0 Å². The standard InChI is InChI=1S/C26H23F2P/c27-26(28)22-12-10-11-21(19-22)20-29(23-13-4-1-5-14-23,24-15-6-2-7-16-24)25-17-8-3-9-18-25/h1-19,26,29H,20H2. The number of halogens is 2. The number of hydrogen-bond acceptors (Lipinski definition) is 0. The van der Waals surface area contributed by atoms with Crippen molar-refractivity contribution in [1.29, 1.82) is 0 Å². The molecule has 0 atom stereocenters. The Morgan fingerprint density at radius 2 is 1.00 bits per heavy atom. The van der Waals surface area contributed by atoms with Gasteiger partial charge in [-0.3, -0.25) is 0 Å². The third-order valence-corrected chi connectivity index (χ3v) is 10.4. The molecule has 29 heavy (non-hydrogen) atoms. The molecule has 4 aromatic carbocycles. The van der Waals surface area contributed by atoms with Crippen LogP contribution in [-0.4, -0.2) is 0 Å². The first kappa shape index (κ1) is 19.5.